The molecule has 0 bridgehead atoms. The van der Waals surface area contributed by atoms with Gasteiger partial charge in [0.05, 0.1) is 5.52 Å². The van der Waals surface area contributed by atoms with Gasteiger partial charge in [-0.2, -0.15) is 9.64 Å². The molecule has 5 nitrogen and oxygen atoms in total. The first-order valence-corrected chi connectivity index (χ1v) is 6.11. The first-order chi connectivity index (χ1) is 8.70. The van der Waals surface area contributed by atoms with Crippen LogP contribution >= 0.6 is 11.5 Å². The average Bonchev–Trinajstić information content (AvgIpc) is 2.81. The summed E-state index contributed by atoms with van der Waals surface area (Å²) in [4.78, 5) is 2.53. The standard InChI is InChI=1S/C12H9N5S/c1-17(2)7-3-4-9-8(5-7)11-12(15-14-9)10(6-13)18-16-11/h3-5H,1-2H3. The number of hydrogen-bond donors (Lipinski definition) is 0. The molecule has 0 aliphatic carbocycles. The lowest BCUT2D eigenvalue weighted by Gasteiger charge is -2.12. The predicted molar refractivity (Wildman–Crippen MR) is 71.8 cm³/mol. The highest BCUT2D eigenvalue weighted by atomic mass is 32.1. The Kier molecular flexibility index (Phi) is 2.35. The van der Waals surface area contributed by atoms with Crippen molar-refractivity contribution in [3.8, 4) is 6.07 Å². The van der Waals surface area contributed by atoms with Gasteiger partial charge >= 0.3 is 0 Å². The van der Waals surface area contributed by atoms with E-state index in [1.165, 1.54) is 0 Å². The first kappa shape index (κ1) is 10.9. The number of aromatic nitrogens is 3. The van der Waals surface area contributed by atoms with E-state index in [-0.39, 0.29) is 0 Å². The van der Waals surface area contributed by atoms with Crippen molar-refractivity contribution in [1.29, 1.82) is 5.26 Å². The average molecular weight is 255 g/mol. The Hall–Kier alpha value is -2.26. The molecule has 2 heterocycles. The van der Waals surface area contributed by atoms with Gasteiger partial charge in [0, 0.05) is 25.2 Å². The van der Waals surface area contributed by atoms with Crippen molar-refractivity contribution in [3.05, 3.63) is 23.1 Å². The molecule has 2 aromatic heterocycles. The fourth-order valence-corrected chi connectivity index (χ4v) is 2.44. The van der Waals surface area contributed by atoms with Crippen molar-refractivity contribution in [2.24, 2.45) is 0 Å². The monoisotopic (exact) mass is 255 g/mol. The molecular formula is C12H9N5S. The summed E-state index contributed by atoms with van der Waals surface area (Å²) < 4.78 is 4.32. The van der Waals surface area contributed by atoms with Crippen LogP contribution in [-0.2, 0) is 0 Å². The van der Waals surface area contributed by atoms with Gasteiger partial charge in [-0.1, -0.05) is 0 Å². The van der Waals surface area contributed by atoms with Crippen LogP contribution in [0, 0.1) is 11.3 Å². The summed E-state index contributed by atoms with van der Waals surface area (Å²) >= 11 is 1.16. The third-order valence-electron chi connectivity index (χ3n) is 2.78. The zero-order valence-corrected chi connectivity index (χ0v) is 10.7. The summed E-state index contributed by atoms with van der Waals surface area (Å²) in [5.41, 5.74) is 3.21. The number of fused-ring (bicyclic) bond motifs is 3. The second-order valence-electron chi connectivity index (χ2n) is 4.12. The predicted octanol–water partition coefficient (Wildman–Crippen LogP) is 2.18. The van der Waals surface area contributed by atoms with Crippen LogP contribution in [0.1, 0.15) is 4.88 Å². The Morgan fingerprint density at radius 3 is 2.78 bits per heavy atom. The van der Waals surface area contributed by atoms with E-state index >= 15 is 0 Å². The number of nitriles is 1. The van der Waals surface area contributed by atoms with E-state index in [1.54, 1.807) is 0 Å². The molecule has 18 heavy (non-hydrogen) atoms. The maximum atomic E-state index is 8.98. The van der Waals surface area contributed by atoms with E-state index in [4.69, 9.17) is 5.26 Å². The highest BCUT2D eigenvalue weighted by Gasteiger charge is 2.12. The minimum Gasteiger partial charge on any atom is -0.378 e. The molecule has 0 atom stereocenters. The highest BCUT2D eigenvalue weighted by Crippen LogP contribution is 2.28. The summed E-state index contributed by atoms with van der Waals surface area (Å²) in [7, 11) is 3.96. The fourth-order valence-electron chi connectivity index (χ4n) is 1.81. The van der Waals surface area contributed by atoms with Crippen LogP contribution < -0.4 is 4.90 Å². The lowest BCUT2D eigenvalue weighted by Crippen LogP contribution is -2.08. The molecule has 3 rings (SSSR count). The molecule has 0 aliphatic rings. The zero-order valence-electron chi connectivity index (χ0n) is 9.88. The van der Waals surface area contributed by atoms with Crippen LogP contribution in [0.5, 0.6) is 0 Å². The van der Waals surface area contributed by atoms with Crippen molar-refractivity contribution >= 4 is 39.2 Å². The quantitative estimate of drug-likeness (QED) is 0.666. The molecule has 0 spiro atoms. The number of hydrogen-bond acceptors (Lipinski definition) is 6. The number of benzene rings is 1. The summed E-state index contributed by atoms with van der Waals surface area (Å²) in [5.74, 6) is 0. The van der Waals surface area contributed by atoms with E-state index in [0.717, 1.165) is 33.6 Å². The van der Waals surface area contributed by atoms with Crippen LogP contribution in [0.2, 0.25) is 0 Å². The van der Waals surface area contributed by atoms with Crippen molar-refractivity contribution in [1.82, 2.24) is 14.6 Å². The van der Waals surface area contributed by atoms with Gasteiger partial charge in [-0.3, -0.25) is 0 Å². The fraction of sp³-hybridized carbons (Fsp3) is 0.167. The van der Waals surface area contributed by atoms with E-state index < -0.39 is 0 Å². The van der Waals surface area contributed by atoms with Crippen molar-refractivity contribution in [2.45, 2.75) is 0 Å². The van der Waals surface area contributed by atoms with Gasteiger partial charge in [0.15, 0.2) is 4.88 Å². The molecule has 0 aliphatic heterocycles. The van der Waals surface area contributed by atoms with Crippen LogP contribution in [0.15, 0.2) is 18.2 Å². The Bertz CT molecular complexity index is 784. The van der Waals surface area contributed by atoms with Gasteiger partial charge in [-0.05, 0) is 29.7 Å². The van der Waals surface area contributed by atoms with Crippen molar-refractivity contribution in [2.75, 3.05) is 19.0 Å². The molecule has 0 radical (unpaired) electrons. The Labute approximate surface area is 107 Å². The molecule has 0 fully saturated rings. The molecule has 0 saturated heterocycles. The van der Waals surface area contributed by atoms with Gasteiger partial charge in [0.2, 0.25) is 0 Å². The summed E-state index contributed by atoms with van der Waals surface area (Å²) in [6, 6.07) is 8.02. The molecule has 0 amide bonds. The molecular weight excluding hydrogens is 246 g/mol. The normalized spacial score (nSPS) is 10.7. The van der Waals surface area contributed by atoms with Crippen LogP contribution in [0.25, 0.3) is 21.9 Å². The Morgan fingerprint density at radius 2 is 2.06 bits per heavy atom. The third kappa shape index (κ3) is 1.49. The van der Waals surface area contributed by atoms with E-state index in [2.05, 4.69) is 20.6 Å². The molecule has 0 N–H and O–H groups in total. The summed E-state index contributed by atoms with van der Waals surface area (Å²) in [6.07, 6.45) is 0. The minimum atomic E-state index is 0.509. The third-order valence-corrected chi connectivity index (χ3v) is 3.52. The topological polar surface area (TPSA) is 65.7 Å². The number of nitrogens with zero attached hydrogens (tertiary/aromatic N) is 5. The SMILES string of the molecule is CN(C)c1ccc2nnc3c(C#N)snc3c2c1. The molecule has 0 saturated carbocycles. The zero-order chi connectivity index (χ0) is 12.7. The summed E-state index contributed by atoms with van der Waals surface area (Å²) in [5, 5.41) is 18.1. The molecule has 6 heteroatoms. The van der Waals surface area contributed by atoms with Crippen molar-refractivity contribution < 1.29 is 0 Å². The first-order valence-electron chi connectivity index (χ1n) is 5.34. The summed E-state index contributed by atoms with van der Waals surface area (Å²) in [6.45, 7) is 0. The van der Waals surface area contributed by atoms with Crippen molar-refractivity contribution in [3.63, 3.8) is 0 Å². The van der Waals surface area contributed by atoms with E-state index in [1.807, 2.05) is 37.2 Å². The number of anilines is 1. The van der Waals surface area contributed by atoms with Gasteiger partial charge in [0.1, 0.15) is 17.1 Å². The Morgan fingerprint density at radius 1 is 1.22 bits per heavy atom. The molecule has 88 valence electrons. The van der Waals surface area contributed by atoms with Crippen LogP contribution in [0.4, 0.5) is 5.69 Å². The highest BCUT2D eigenvalue weighted by molar-refractivity contribution is 7.07. The molecule has 1 aromatic carbocycles. The molecule has 0 unspecified atom stereocenters. The molecule has 3 aromatic rings. The maximum Gasteiger partial charge on any atom is 0.153 e. The van der Waals surface area contributed by atoms with Crippen LogP contribution in [0.3, 0.4) is 0 Å². The van der Waals surface area contributed by atoms with E-state index in [9.17, 15) is 0 Å². The van der Waals surface area contributed by atoms with Crippen LogP contribution in [-0.4, -0.2) is 28.7 Å². The smallest absolute Gasteiger partial charge is 0.153 e. The minimum absolute atomic E-state index is 0.509. The van der Waals surface area contributed by atoms with Gasteiger partial charge in [-0.25, -0.2) is 0 Å². The van der Waals surface area contributed by atoms with Gasteiger partial charge < -0.3 is 4.90 Å². The maximum absolute atomic E-state index is 8.98. The number of rotatable bonds is 1. The Balaban J connectivity index is 2.41. The lowest BCUT2D eigenvalue weighted by molar-refractivity contribution is 1.11. The van der Waals surface area contributed by atoms with Gasteiger partial charge in [-0.15, -0.1) is 10.2 Å². The van der Waals surface area contributed by atoms with Gasteiger partial charge in [0.25, 0.3) is 0 Å². The van der Waals surface area contributed by atoms with E-state index in [0.29, 0.717) is 10.4 Å². The second-order valence-corrected chi connectivity index (χ2v) is 4.89. The largest absolute Gasteiger partial charge is 0.378 e. The second kappa shape index (κ2) is 3.89. The lowest BCUT2D eigenvalue weighted by atomic mass is 10.1.